The zero-order valence-electron chi connectivity index (χ0n) is 19.5. The first-order chi connectivity index (χ1) is 15.8. The Hall–Kier alpha value is -3.32. The summed E-state index contributed by atoms with van der Waals surface area (Å²) in [5.74, 6) is 2.57. The first-order valence-corrected chi connectivity index (χ1v) is 11.9. The van der Waals surface area contributed by atoms with Crippen molar-refractivity contribution < 1.29 is 9.47 Å². The van der Waals surface area contributed by atoms with Crippen molar-refractivity contribution >= 4 is 34.1 Å². The number of fused-ring (bicyclic) bond motifs is 1. The van der Waals surface area contributed by atoms with Crippen molar-refractivity contribution in [2.45, 2.75) is 27.7 Å². The third kappa shape index (κ3) is 4.88. The number of nitrogens with two attached hydrogens (primary N) is 2. The van der Waals surface area contributed by atoms with Gasteiger partial charge in [-0.05, 0) is 47.2 Å². The van der Waals surface area contributed by atoms with Crippen molar-refractivity contribution in [1.29, 1.82) is 0 Å². The Morgan fingerprint density at radius 2 is 1.03 bits per heavy atom. The van der Waals surface area contributed by atoms with Crippen molar-refractivity contribution in [3.05, 3.63) is 48.5 Å². The van der Waals surface area contributed by atoms with Gasteiger partial charge in [0.15, 0.2) is 0 Å². The number of rotatable bonds is 8. The number of aromatic nitrogens is 2. The van der Waals surface area contributed by atoms with Gasteiger partial charge in [-0.3, -0.25) is 0 Å². The molecule has 0 atom stereocenters. The van der Waals surface area contributed by atoms with Gasteiger partial charge in [0.2, 0.25) is 0 Å². The molecule has 33 heavy (non-hydrogen) atoms. The molecule has 6 nitrogen and oxygen atoms in total. The monoisotopic (exact) mass is 462 g/mol. The molecule has 0 aliphatic heterocycles. The molecule has 0 aliphatic carbocycles. The van der Waals surface area contributed by atoms with Gasteiger partial charge in [0.25, 0.3) is 0 Å². The largest absolute Gasteiger partial charge is 0.493 e. The van der Waals surface area contributed by atoms with E-state index < -0.39 is 0 Å². The van der Waals surface area contributed by atoms with E-state index in [1.807, 2.05) is 48.5 Å². The molecule has 0 unspecified atom stereocenters. The highest BCUT2D eigenvalue weighted by atomic mass is 32.1. The summed E-state index contributed by atoms with van der Waals surface area (Å²) in [6.45, 7) is 9.83. The normalized spacial score (nSPS) is 11.5. The van der Waals surface area contributed by atoms with Gasteiger partial charge in [-0.15, -0.1) is 0 Å². The maximum Gasteiger partial charge on any atom is 0.119 e. The molecule has 0 saturated heterocycles. The maximum atomic E-state index is 6.58. The van der Waals surface area contributed by atoms with Gasteiger partial charge in [0.1, 0.15) is 22.5 Å². The summed E-state index contributed by atoms with van der Waals surface area (Å²) in [6, 6.07) is 15.7. The van der Waals surface area contributed by atoms with Gasteiger partial charge in [0.05, 0.1) is 36.3 Å². The molecular weight excluding hydrogens is 432 g/mol. The van der Waals surface area contributed by atoms with Gasteiger partial charge in [-0.2, -0.15) is 8.75 Å². The molecule has 1 heterocycles. The summed E-state index contributed by atoms with van der Waals surface area (Å²) in [5.41, 5.74) is 19.1. The number of benzene rings is 3. The zero-order chi connectivity index (χ0) is 23.5. The second kappa shape index (κ2) is 9.67. The topological polar surface area (TPSA) is 96.3 Å². The first-order valence-electron chi connectivity index (χ1n) is 11.1. The van der Waals surface area contributed by atoms with Gasteiger partial charge in [0, 0.05) is 11.1 Å². The van der Waals surface area contributed by atoms with Crippen LogP contribution in [0.3, 0.4) is 0 Å². The number of ether oxygens (including phenoxy) is 2. The summed E-state index contributed by atoms with van der Waals surface area (Å²) in [6.07, 6.45) is 0. The SMILES string of the molecule is CC(C)COc1ccc(-c2c(N)c(N)c(-c3ccc(OCC(C)C)cc3)c3nsnc23)cc1. The minimum Gasteiger partial charge on any atom is -0.493 e. The van der Waals surface area contributed by atoms with Crippen LogP contribution in [0.25, 0.3) is 33.3 Å². The van der Waals surface area contributed by atoms with Crippen molar-refractivity contribution in [1.82, 2.24) is 8.75 Å². The van der Waals surface area contributed by atoms with Gasteiger partial charge in [-0.25, -0.2) is 0 Å². The fourth-order valence-corrected chi connectivity index (χ4v) is 4.15. The minimum atomic E-state index is 0.462. The molecule has 172 valence electrons. The fourth-order valence-electron chi connectivity index (χ4n) is 3.59. The Balaban J connectivity index is 1.72. The van der Waals surface area contributed by atoms with Crippen molar-refractivity contribution in [2.75, 3.05) is 24.7 Å². The standard InChI is InChI=1S/C26H30N4O2S/c1-15(2)13-31-19-9-5-17(6-10-19)21-23(27)24(28)22(26-25(21)29-33-30-26)18-7-11-20(12-8-18)32-14-16(3)4/h5-12,15-16H,13-14,27-28H2,1-4H3. The molecule has 7 heteroatoms. The van der Waals surface area contributed by atoms with E-state index >= 15 is 0 Å². The van der Waals surface area contributed by atoms with Crippen LogP contribution in [0.5, 0.6) is 11.5 Å². The van der Waals surface area contributed by atoms with Gasteiger partial charge in [-0.1, -0.05) is 52.0 Å². The average molecular weight is 463 g/mol. The van der Waals surface area contributed by atoms with Crippen LogP contribution >= 0.6 is 11.7 Å². The molecule has 0 aliphatic rings. The molecule has 0 radical (unpaired) electrons. The average Bonchev–Trinajstić information content (AvgIpc) is 3.27. The molecule has 4 N–H and O–H groups in total. The fraction of sp³-hybridized carbons (Fsp3) is 0.308. The predicted molar refractivity (Wildman–Crippen MR) is 138 cm³/mol. The lowest BCUT2D eigenvalue weighted by Crippen LogP contribution is -2.05. The van der Waals surface area contributed by atoms with Crippen LogP contribution < -0.4 is 20.9 Å². The molecule has 0 saturated carbocycles. The minimum absolute atomic E-state index is 0.462. The molecule has 4 aromatic rings. The van der Waals surface area contributed by atoms with Crippen LogP contribution in [-0.4, -0.2) is 22.0 Å². The molecule has 3 aromatic carbocycles. The Morgan fingerprint density at radius 3 is 1.36 bits per heavy atom. The van der Waals surface area contributed by atoms with E-state index in [9.17, 15) is 0 Å². The quantitative estimate of drug-likeness (QED) is 0.300. The van der Waals surface area contributed by atoms with Gasteiger partial charge >= 0.3 is 0 Å². The van der Waals surface area contributed by atoms with Gasteiger partial charge < -0.3 is 20.9 Å². The Kier molecular flexibility index (Phi) is 6.70. The third-order valence-corrected chi connectivity index (χ3v) is 5.77. The van der Waals surface area contributed by atoms with E-state index in [-0.39, 0.29) is 0 Å². The lowest BCUT2D eigenvalue weighted by molar-refractivity contribution is 0.271. The Bertz CT molecular complexity index is 1140. The van der Waals surface area contributed by atoms with E-state index in [1.54, 1.807) is 0 Å². The van der Waals surface area contributed by atoms with E-state index in [0.29, 0.717) is 36.4 Å². The van der Waals surface area contributed by atoms with Crippen molar-refractivity contribution in [2.24, 2.45) is 11.8 Å². The number of anilines is 2. The number of hydrogen-bond acceptors (Lipinski definition) is 7. The number of nitrogens with zero attached hydrogens (tertiary/aromatic N) is 2. The summed E-state index contributed by atoms with van der Waals surface area (Å²) >= 11 is 1.16. The van der Waals surface area contributed by atoms with E-state index in [2.05, 4.69) is 36.4 Å². The van der Waals surface area contributed by atoms with E-state index in [1.165, 1.54) is 0 Å². The highest BCUT2D eigenvalue weighted by Crippen LogP contribution is 2.44. The summed E-state index contributed by atoms with van der Waals surface area (Å²) in [5, 5.41) is 0. The molecule has 4 rings (SSSR count). The van der Waals surface area contributed by atoms with Crippen LogP contribution in [0.1, 0.15) is 27.7 Å². The third-order valence-electron chi connectivity index (χ3n) is 5.24. The second-order valence-corrected chi connectivity index (χ2v) is 9.53. The van der Waals surface area contributed by atoms with Crippen molar-refractivity contribution in [3.8, 4) is 33.8 Å². The molecule has 0 bridgehead atoms. The van der Waals surface area contributed by atoms with Crippen LogP contribution in [0.15, 0.2) is 48.5 Å². The highest BCUT2D eigenvalue weighted by molar-refractivity contribution is 7.00. The van der Waals surface area contributed by atoms with E-state index in [0.717, 1.165) is 56.5 Å². The summed E-state index contributed by atoms with van der Waals surface area (Å²) in [7, 11) is 0. The van der Waals surface area contributed by atoms with Crippen LogP contribution in [0, 0.1) is 11.8 Å². The van der Waals surface area contributed by atoms with Crippen LogP contribution in [0.2, 0.25) is 0 Å². The number of hydrogen-bond donors (Lipinski definition) is 2. The second-order valence-electron chi connectivity index (χ2n) is 9.00. The maximum absolute atomic E-state index is 6.58. The number of nitrogen functional groups attached to an aromatic ring is 2. The summed E-state index contributed by atoms with van der Waals surface area (Å²) < 4.78 is 20.8. The smallest absolute Gasteiger partial charge is 0.119 e. The molecule has 1 aromatic heterocycles. The molecule has 0 fully saturated rings. The van der Waals surface area contributed by atoms with E-state index in [4.69, 9.17) is 20.9 Å². The molecule has 0 amide bonds. The van der Waals surface area contributed by atoms with Crippen molar-refractivity contribution in [3.63, 3.8) is 0 Å². The lowest BCUT2D eigenvalue weighted by Gasteiger charge is -2.16. The molecular formula is C26H30N4O2S. The predicted octanol–water partition coefficient (Wildman–Crippen LogP) is 6.26. The summed E-state index contributed by atoms with van der Waals surface area (Å²) in [4.78, 5) is 0. The first kappa shape index (κ1) is 22.9. The Labute approximate surface area is 198 Å². The van der Waals surface area contributed by atoms with Crippen LogP contribution in [0.4, 0.5) is 11.4 Å². The zero-order valence-corrected chi connectivity index (χ0v) is 20.3. The highest BCUT2D eigenvalue weighted by Gasteiger charge is 2.21. The Morgan fingerprint density at radius 1 is 0.667 bits per heavy atom. The molecule has 0 spiro atoms. The van der Waals surface area contributed by atoms with Crippen LogP contribution in [-0.2, 0) is 0 Å². The lowest BCUT2D eigenvalue weighted by atomic mass is 9.94.